The third-order valence-electron chi connectivity index (χ3n) is 2.03. The molecule has 0 amide bonds. The van der Waals surface area contributed by atoms with E-state index >= 15 is 0 Å². The summed E-state index contributed by atoms with van der Waals surface area (Å²) in [6, 6.07) is 0. The van der Waals surface area contributed by atoms with Gasteiger partial charge in [-0.1, -0.05) is 29.9 Å². The monoisotopic (exact) mass is 378 g/mol. The van der Waals surface area contributed by atoms with Crippen LogP contribution in [0.15, 0.2) is 5.03 Å². The van der Waals surface area contributed by atoms with Gasteiger partial charge in [0.1, 0.15) is 5.02 Å². The number of hydrogen-bond acceptors (Lipinski definition) is 7. The van der Waals surface area contributed by atoms with E-state index in [1.807, 2.05) is 13.8 Å². The van der Waals surface area contributed by atoms with Gasteiger partial charge in [-0.25, -0.2) is 8.42 Å². The quantitative estimate of drug-likeness (QED) is 0.675. The predicted molar refractivity (Wildman–Crippen MR) is 86.0 cm³/mol. The average Bonchev–Trinajstić information content (AvgIpc) is 2.53. The van der Waals surface area contributed by atoms with Crippen molar-refractivity contribution in [3.8, 4) is 5.88 Å². The van der Waals surface area contributed by atoms with Crippen LogP contribution < -0.4 is 4.52 Å². The van der Waals surface area contributed by atoms with Gasteiger partial charge in [-0.15, -0.1) is 5.10 Å². The van der Waals surface area contributed by atoms with E-state index in [0.29, 0.717) is 12.4 Å². The summed E-state index contributed by atoms with van der Waals surface area (Å²) in [6.07, 6.45) is 1.05. The smallest absolute Gasteiger partial charge is 0.298 e. The largest absolute Gasteiger partial charge is 0.415 e. The van der Waals surface area contributed by atoms with Crippen molar-refractivity contribution in [2.75, 3.05) is 18.6 Å². The molecule has 1 heterocycles. The maximum absolute atomic E-state index is 11.7. The van der Waals surface area contributed by atoms with E-state index in [-0.39, 0.29) is 15.9 Å². The first-order valence-electron chi connectivity index (χ1n) is 5.66. The van der Waals surface area contributed by atoms with Crippen LogP contribution in [0.25, 0.3) is 0 Å². The molecule has 0 radical (unpaired) electrons. The van der Waals surface area contributed by atoms with E-state index in [4.69, 9.17) is 32.5 Å². The molecule has 20 heavy (non-hydrogen) atoms. The molecule has 1 aromatic rings. The Morgan fingerprint density at radius 3 is 2.50 bits per heavy atom. The Labute approximate surface area is 133 Å². The molecule has 1 atom stereocenters. The fraction of sp³-hybridized carbons (Fsp3) is 0.667. The highest BCUT2D eigenvalue weighted by molar-refractivity contribution is 8.68. The molecule has 0 saturated carbocycles. The van der Waals surface area contributed by atoms with Gasteiger partial charge in [0.05, 0.1) is 6.61 Å². The molecule has 0 saturated heterocycles. The van der Waals surface area contributed by atoms with Crippen molar-refractivity contribution in [2.24, 2.45) is 7.05 Å². The van der Waals surface area contributed by atoms with Crippen LogP contribution >= 0.6 is 28.7 Å². The molecule has 6 nitrogen and oxygen atoms in total. The number of nitrogens with zero attached hydrogens (tertiary/aromatic N) is 2. The fourth-order valence-corrected chi connectivity index (χ4v) is 7.53. The molecule has 0 bridgehead atoms. The summed E-state index contributed by atoms with van der Waals surface area (Å²) in [5.74, 6) is 0.702. The molecule has 1 rings (SSSR count). The number of hydrogen-bond donors (Lipinski definition) is 0. The van der Waals surface area contributed by atoms with Gasteiger partial charge in [0.25, 0.3) is 11.6 Å². The molecular formula is C9H16ClN2O4PS3. The van der Waals surface area contributed by atoms with Crippen LogP contribution in [0.3, 0.4) is 0 Å². The van der Waals surface area contributed by atoms with E-state index in [1.165, 1.54) is 18.4 Å². The Morgan fingerprint density at radius 2 is 2.10 bits per heavy atom. The summed E-state index contributed by atoms with van der Waals surface area (Å²) in [6.45, 7) is 4.13. The third kappa shape index (κ3) is 4.35. The summed E-state index contributed by atoms with van der Waals surface area (Å²) in [4.78, 5) is 0. The second-order valence-electron chi connectivity index (χ2n) is 3.69. The number of sulfone groups is 1. The zero-order chi connectivity index (χ0) is 15.6. The summed E-state index contributed by atoms with van der Waals surface area (Å²) in [5.41, 5.74) is -2.63. The SMILES string of the molecule is CCOP(=S)(Oc1nn(C)c(S(C)(=O)=O)c1Cl)SCC. The fourth-order valence-electron chi connectivity index (χ4n) is 1.43. The molecule has 1 unspecified atom stereocenters. The van der Waals surface area contributed by atoms with Crippen LogP contribution in [-0.2, 0) is 33.2 Å². The molecular weight excluding hydrogens is 363 g/mol. The van der Waals surface area contributed by atoms with Crippen molar-refractivity contribution < 1.29 is 17.5 Å². The second-order valence-corrected chi connectivity index (χ2v) is 12.5. The Bertz CT molecular complexity index is 621. The van der Waals surface area contributed by atoms with Crippen molar-refractivity contribution in [3.05, 3.63) is 5.02 Å². The van der Waals surface area contributed by atoms with Crippen molar-refractivity contribution in [1.29, 1.82) is 0 Å². The molecule has 11 heteroatoms. The summed E-state index contributed by atoms with van der Waals surface area (Å²) in [7, 11) is -2.03. The van der Waals surface area contributed by atoms with E-state index in [0.717, 1.165) is 10.9 Å². The van der Waals surface area contributed by atoms with Crippen LogP contribution in [0.4, 0.5) is 0 Å². The van der Waals surface area contributed by atoms with Crippen LogP contribution in [0, 0.1) is 0 Å². The lowest BCUT2D eigenvalue weighted by atomic mass is 10.7. The molecule has 0 aliphatic carbocycles. The van der Waals surface area contributed by atoms with Gasteiger partial charge < -0.3 is 9.05 Å². The predicted octanol–water partition coefficient (Wildman–Crippen LogP) is 2.87. The van der Waals surface area contributed by atoms with E-state index in [9.17, 15) is 8.42 Å². The summed E-state index contributed by atoms with van der Waals surface area (Å²) >= 11 is 12.8. The van der Waals surface area contributed by atoms with Gasteiger partial charge in [0.15, 0.2) is 14.9 Å². The van der Waals surface area contributed by atoms with Crippen LogP contribution in [-0.4, -0.2) is 36.8 Å². The molecule has 0 N–H and O–H groups in total. The minimum absolute atomic E-state index is 0.00711. The third-order valence-corrected chi connectivity index (χ3v) is 8.95. The highest BCUT2D eigenvalue weighted by atomic mass is 35.5. The van der Waals surface area contributed by atoms with Gasteiger partial charge >= 0.3 is 0 Å². The van der Waals surface area contributed by atoms with Crippen molar-refractivity contribution in [3.63, 3.8) is 0 Å². The second kappa shape index (κ2) is 6.98. The van der Waals surface area contributed by atoms with Crippen molar-refractivity contribution in [2.45, 2.75) is 18.9 Å². The molecule has 0 aliphatic heterocycles. The maximum Gasteiger partial charge on any atom is 0.298 e. The maximum atomic E-state index is 11.7. The highest BCUT2D eigenvalue weighted by Crippen LogP contribution is 2.60. The van der Waals surface area contributed by atoms with Gasteiger partial charge in [0.2, 0.25) is 0 Å². The molecule has 116 valence electrons. The standard InChI is InChI=1S/C9H16ClN2O4PS3/c1-5-15-17(18,19-6-2)16-8-7(10)9(12(3)11-8)20(4,13)14/h5-6H2,1-4H3. The van der Waals surface area contributed by atoms with E-state index in [2.05, 4.69) is 5.10 Å². The van der Waals surface area contributed by atoms with Crippen LogP contribution in [0.2, 0.25) is 5.02 Å². The minimum atomic E-state index is -3.50. The molecule has 0 aliphatic rings. The van der Waals surface area contributed by atoms with Gasteiger partial charge in [-0.05, 0) is 18.7 Å². The first-order valence-corrected chi connectivity index (χ1v) is 12.2. The first-order chi connectivity index (χ1) is 9.14. The van der Waals surface area contributed by atoms with Gasteiger partial charge in [-0.3, -0.25) is 4.68 Å². The lowest BCUT2D eigenvalue weighted by molar-refractivity contribution is 0.341. The zero-order valence-corrected chi connectivity index (χ0v) is 15.6. The first kappa shape index (κ1) is 18.3. The van der Waals surface area contributed by atoms with Crippen LogP contribution in [0.5, 0.6) is 5.88 Å². The number of rotatable bonds is 7. The van der Waals surface area contributed by atoms with Crippen molar-refractivity contribution in [1.82, 2.24) is 9.78 Å². The lowest BCUT2D eigenvalue weighted by Crippen LogP contribution is -2.05. The van der Waals surface area contributed by atoms with Gasteiger partial charge in [-0.2, -0.15) is 0 Å². The Balaban J connectivity index is 3.20. The topological polar surface area (TPSA) is 70.4 Å². The normalized spacial score (nSPS) is 15.1. The summed E-state index contributed by atoms with van der Waals surface area (Å²) < 4.78 is 35.5. The number of aryl methyl sites for hydroxylation is 1. The Kier molecular flexibility index (Phi) is 6.37. The lowest BCUT2D eigenvalue weighted by Gasteiger charge is -2.19. The zero-order valence-electron chi connectivity index (χ0n) is 11.5. The number of aromatic nitrogens is 2. The summed E-state index contributed by atoms with van der Waals surface area (Å²) in [5, 5.41) is 3.81. The van der Waals surface area contributed by atoms with E-state index < -0.39 is 15.5 Å². The van der Waals surface area contributed by atoms with Gasteiger partial charge in [0, 0.05) is 19.1 Å². The highest BCUT2D eigenvalue weighted by Gasteiger charge is 2.28. The average molecular weight is 379 g/mol. The van der Waals surface area contributed by atoms with Crippen LogP contribution in [0.1, 0.15) is 13.8 Å². The van der Waals surface area contributed by atoms with E-state index in [1.54, 1.807) is 0 Å². The van der Waals surface area contributed by atoms with Crippen molar-refractivity contribution >= 4 is 50.3 Å². The number of halogens is 1. The Morgan fingerprint density at radius 1 is 1.50 bits per heavy atom. The molecule has 0 spiro atoms. The Hall–Kier alpha value is 0.210. The molecule has 1 aromatic heterocycles. The molecule has 0 fully saturated rings. The minimum Gasteiger partial charge on any atom is -0.415 e. The molecule has 0 aromatic carbocycles.